The largest absolute Gasteiger partial charge is 0.417 e. The Labute approximate surface area is 147 Å². The van der Waals surface area contributed by atoms with Crippen molar-refractivity contribution in [2.75, 3.05) is 6.61 Å². The van der Waals surface area contributed by atoms with E-state index in [2.05, 4.69) is 40.8 Å². The lowest BCUT2D eigenvalue weighted by atomic mass is 10.0. The third kappa shape index (κ3) is 12.2. The van der Waals surface area contributed by atoms with Crippen molar-refractivity contribution >= 4 is 8.32 Å². The highest BCUT2D eigenvalue weighted by atomic mass is 28.4. The Bertz CT molecular complexity index is 271. The van der Waals surface area contributed by atoms with E-state index >= 15 is 0 Å². The van der Waals surface area contributed by atoms with Gasteiger partial charge in [-0.1, -0.05) is 85.5 Å². The van der Waals surface area contributed by atoms with E-state index in [-0.39, 0.29) is 11.1 Å². The molecule has 0 fully saturated rings. The molecule has 0 bridgehead atoms. The molecule has 0 radical (unpaired) electrons. The van der Waals surface area contributed by atoms with Gasteiger partial charge in [0.2, 0.25) is 0 Å². The van der Waals surface area contributed by atoms with Crippen LogP contribution in [-0.2, 0) is 4.43 Å². The van der Waals surface area contributed by atoms with Crippen LogP contribution in [0.5, 0.6) is 0 Å². The van der Waals surface area contributed by atoms with Crippen molar-refractivity contribution < 1.29 is 9.53 Å². The first-order chi connectivity index (χ1) is 10.7. The number of hydrogen-bond acceptors (Lipinski definition) is 2. The molecule has 0 aromatic carbocycles. The Kier molecular flexibility index (Phi) is 12.6. The Morgan fingerprint density at radius 3 is 1.78 bits per heavy atom. The summed E-state index contributed by atoms with van der Waals surface area (Å²) in [6.45, 7) is 14.3. The minimum atomic E-state index is -1.65. The van der Waals surface area contributed by atoms with E-state index in [1.165, 1.54) is 51.4 Å². The van der Waals surface area contributed by atoms with Gasteiger partial charge in [0, 0.05) is 6.61 Å². The molecule has 2 nitrogen and oxygen atoms in total. The molecule has 140 valence electrons. The van der Waals surface area contributed by atoms with Crippen LogP contribution in [0.4, 0.5) is 0 Å². The maximum Gasteiger partial charge on any atom is 0.191 e. The van der Waals surface area contributed by atoms with Crippen LogP contribution in [0.2, 0.25) is 18.1 Å². The Morgan fingerprint density at radius 1 is 0.826 bits per heavy atom. The second-order valence-electron chi connectivity index (χ2n) is 8.67. The van der Waals surface area contributed by atoms with Gasteiger partial charge in [-0.2, -0.15) is 0 Å². The molecule has 0 aliphatic rings. The molecule has 0 saturated carbocycles. The lowest BCUT2D eigenvalue weighted by molar-refractivity contribution is 0.124. The van der Waals surface area contributed by atoms with Crippen molar-refractivity contribution in [1.82, 2.24) is 0 Å². The summed E-state index contributed by atoms with van der Waals surface area (Å²) in [4.78, 5) is 0. The smallest absolute Gasteiger partial charge is 0.191 e. The summed E-state index contributed by atoms with van der Waals surface area (Å²) >= 11 is 0. The van der Waals surface area contributed by atoms with Gasteiger partial charge >= 0.3 is 0 Å². The van der Waals surface area contributed by atoms with Gasteiger partial charge in [0.15, 0.2) is 8.32 Å². The van der Waals surface area contributed by atoms with Crippen molar-refractivity contribution in [3.63, 3.8) is 0 Å². The van der Waals surface area contributed by atoms with Gasteiger partial charge in [-0.15, -0.1) is 0 Å². The predicted molar refractivity (Wildman–Crippen MR) is 106 cm³/mol. The molecule has 0 rings (SSSR count). The normalized spacial score (nSPS) is 14.2. The van der Waals surface area contributed by atoms with Crippen LogP contribution in [0.1, 0.15) is 98.3 Å². The fraction of sp³-hybridized carbons (Fsp3) is 1.00. The van der Waals surface area contributed by atoms with Crippen LogP contribution in [0, 0.1) is 0 Å². The molecule has 0 aliphatic carbocycles. The summed E-state index contributed by atoms with van der Waals surface area (Å²) < 4.78 is 6.14. The summed E-state index contributed by atoms with van der Waals surface area (Å²) in [6.07, 6.45) is 13.6. The zero-order valence-corrected chi connectivity index (χ0v) is 17.9. The van der Waals surface area contributed by atoms with Gasteiger partial charge in [0.1, 0.15) is 0 Å². The van der Waals surface area contributed by atoms with Crippen molar-refractivity contribution in [3.8, 4) is 0 Å². The van der Waals surface area contributed by atoms with Gasteiger partial charge in [0.25, 0.3) is 0 Å². The molecule has 0 aromatic heterocycles. The van der Waals surface area contributed by atoms with Crippen LogP contribution < -0.4 is 0 Å². The Balaban J connectivity index is 3.49. The van der Waals surface area contributed by atoms with Gasteiger partial charge in [-0.05, 0) is 31.0 Å². The van der Waals surface area contributed by atoms with E-state index in [0.29, 0.717) is 0 Å². The number of aliphatic hydroxyl groups is 1. The molecular weight excluding hydrogens is 300 g/mol. The summed E-state index contributed by atoms with van der Waals surface area (Å²) in [5.74, 6) is 0. The van der Waals surface area contributed by atoms with Crippen LogP contribution in [-0.4, -0.2) is 26.1 Å². The maximum atomic E-state index is 10.1. The second-order valence-corrected chi connectivity index (χ2v) is 13.5. The SMILES string of the molecule is CCCCCCCCCCCC(O)CCO[Si](C)(C)C(C)(C)C. The number of hydrogen-bond donors (Lipinski definition) is 1. The standard InChI is InChI=1S/C20H44O2Si/c1-7-8-9-10-11-12-13-14-15-16-19(21)17-18-22-23(5,6)20(2,3)4/h19,21H,7-18H2,1-6H3. The van der Waals surface area contributed by atoms with Crippen molar-refractivity contribution in [3.05, 3.63) is 0 Å². The van der Waals surface area contributed by atoms with E-state index in [9.17, 15) is 5.11 Å². The van der Waals surface area contributed by atoms with Crippen molar-refractivity contribution in [1.29, 1.82) is 0 Å². The van der Waals surface area contributed by atoms with Crippen LogP contribution in [0.25, 0.3) is 0 Å². The minimum Gasteiger partial charge on any atom is -0.417 e. The lowest BCUT2D eigenvalue weighted by Crippen LogP contribution is -2.41. The summed E-state index contributed by atoms with van der Waals surface area (Å²) in [6, 6.07) is 0. The molecule has 0 saturated heterocycles. The van der Waals surface area contributed by atoms with Crippen LogP contribution >= 0.6 is 0 Å². The predicted octanol–water partition coefficient (Wildman–Crippen LogP) is 6.68. The lowest BCUT2D eigenvalue weighted by Gasteiger charge is -2.36. The molecule has 0 heterocycles. The molecule has 0 amide bonds. The molecule has 1 unspecified atom stereocenters. The topological polar surface area (TPSA) is 29.5 Å². The monoisotopic (exact) mass is 344 g/mol. The Hall–Kier alpha value is 0.137. The van der Waals surface area contributed by atoms with E-state index in [0.717, 1.165) is 25.9 Å². The van der Waals surface area contributed by atoms with E-state index in [1.807, 2.05) is 0 Å². The maximum absolute atomic E-state index is 10.1. The third-order valence-corrected chi connectivity index (χ3v) is 9.90. The zero-order chi connectivity index (χ0) is 17.8. The highest BCUT2D eigenvalue weighted by Gasteiger charge is 2.36. The van der Waals surface area contributed by atoms with E-state index < -0.39 is 8.32 Å². The van der Waals surface area contributed by atoms with E-state index in [4.69, 9.17) is 4.43 Å². The third-order valence-electron chi connectivity index (χ3n) is 5.36. The summed E-state index contributed by atoms with van der Waals surface area (Å²) in [5, 5.41) is 10.3. The van der Waals surface area contributed by atoms with E-state index in [1.54, 1.807) is 0 Å². The van der Waals surface area contributed by atoms with Gasteiger partial charge < -0.3 is 9.53 Å². The van der Waals surface area contributed by atoms with Gasteiger partial charge in [-0.3, -0.25) is 0 Å². The quantitative estimate of drug-likeness (QED) is 0.281. The highest BCUT2D eigenvalue weighted by molar-refractivity contribution is 6.74. The summed E-state index contributed by atoms with van der Waals surface area (Å²) in [7, 11) is -1.65. The van der Waals surface area contributed by atoms with Crippen LogP contribution in [0.15, 0.2) is 0 Å². The second kappa shape index (κ2) is 12.5. The first-order valence-corrected chi connectivity index (χ1v) is 12.9. The minimum absolute atomic E-state index is 0.177. The number of rotatable bonds is 14. The first kappa shape index (κ1) is 23.1. The number of aliphatic hydroxyl groups excluding tert-OH is 1. The summed E-state index contributed by atoms with van der Waals surface area (Å²) in [5.41, 5.74) is 0. The highest BCUT2D eigenvalue weighted by Crippen LogP contribution is 2.36. The average molecular weight is 345 g/mol. The molecule has 3 heteroatoms. The molecule has 0 aromatic rings. The first-order valence-electron chi connectivity index (χ1n) is 10.0. The van der Waals surface area contributed by atoms with Crippen molar-refractivity contribution in [2.45, 2.75) is 123 Å². The van der Waals surface area contributed by atoms with Gasteiger partial charge in [-0.25, -0.2) is 0 Å². The molecule has 23 heavy (non-hydrogen) atoms. The zero-order valence-electron chi connectivity index (χ0n) is 16.9. The Morgan fingerprint density at radius 2 is 1.30 bits per heavy atom. The molecule has 1 N–H and O–H groups in total. The van der Waals surface area contributed by atoms with Crippen molar-refractivity contribution in [2.24, 2.45) is 0 Å². The fourth-order valence-corrected chi connectivity index (χ4v) is 3.56. The molecule has 0 spiro atoms. The van der Waals surface area contributed by atoms with Gasteiger partial charge in [0.05, 0.1) is 6.10 Å². The fourth-order valence-electron chi connectivity index (χ4n) is 2.50. The molecule has 1 atom stereocenters. The average Bonchev–Trinajstić information content (AvgIpc) is 2.44. The molecular formula is C20H44O2Si. The van der Waals surface area contributed by atoms with Crippen LogP contribution in [0.3, 0.4) is 0 Å². The number of unbranched alkanes of at least 4 members (excludes halogenated alkanes) is 8. The molecule has 0 aliphatic heterocycles.